The van der Waals surface area contributed by atoms with Gasteiger partial charge in [-0.3, -0.25) is 4.79 Å². The normalized spacial score (nSPS) is 11.0. The van der Waals surface area contributed by atoms with Gasteiger partial charge in [-0.1, -0.05) is 6.07 Å². The molecule has 4 N–H and O–H groups in total. The molecule has 0 radical (unpaired) electrons. The molecule has 0 aliphatic carbocycles. The molecule has 1 rings (SSSR count). The Hall–Kier alpha value is -2.24. The maximum absolute atomic E-state index is 11.0. The molecule has 0 fully saturated rings. The smallest absolute Gasteiger partial charge is 0.339 e. The molecule has 0 heterocycles. The van der Waals surface area contributed by atoms with E-state index in [0.717, 1.165) is 0 Å². The topological polar surface area (TPSA) is 110 Å². The third kappa shape index (κ3) is 2.91. The van der Waals surface area contributed by atoms with Gasteiger partial charge in [0.15, 0.2) is 5.75 Å². The first-order chi connectivity index (χ1) is 8.25. The van der Waals surface area contributed by atoms with Crippen molar-refractivity contribution in [3.05, 3.63) is 23.8 Å². The summed E-state index contributed by atoms with van der Waals surface area (Å²) in [6, 6.07) is 4.34. The fourth-order valence-electron chi connectivity index (χ4n) is 1.20. The van der Waals surface area contributed by atoms with Crippen LogP contribution in [0.4, 0.5) is 5.69 Å². The molecule has 0 atom stereocenters. The lowest BCUT2D eigenvalue weighted by Crippen LogP contribution is -2.31. The zero-order valence-electron chi connectivity index (χ0n) is 10.1. The van der Waals surface area contributed by atoms with Gasteiger partial charge >= 0.3 is 11.9 Å². The summed E-state index contributed by atoms with van der Waals surface area (Å²) in [7, 11) is 0. The van der Waals surface area contributed by atoms with Crippen molar-refractivity contribution >= 4 is 17.6 Å². The lowest BCUT2D eigenvalue weighted by Gasteiger charge is -2.21. The summed E-state index contributed by atoms with van der Waals surface area (Å²) in [5.74, 6) is -2.21. The Kier molecular flexibility index (Phi) is 3.80. The van der Waals surface area contributed by atoms with Gasteiger partial charge in [-0.2, -0.15) is 0 Å². The first-order valence-corrected chi connectivity index (χ1v) is 5.23. The number of rotatable bonds is 5. The minimum absolute atomic E-state index is 0.000625. The molecule has 0 unspecified atom stereocenters. The van der Waals surface area contributed by atoms with Crippen molar-refractivity contribution < 1.29 is 24.5 Å². The van der Waals surface area contributed by atoms with Crippen LogP contribution in [0.15, 0.2) is 18.2 Å². The molecule has 0 saturated heterocycles. The van der Waals surface area contributed by atoms with Crippen LogP contribution in [0, 0.1) is 5.41 Å². The molecule has 1 aromatic carbocycles. The number of benzene rings is 1. The number of hydrogen-bond acceptors (Lipinski definition) is 4. The van der Waals surface area contributed by atoms with E-state index >= 15 is 0 Å². The van der Waals surface area contributed by atoms with Crippen LogP contribution < -0.4 is 10.5 Å². The zero-order chi connectivity index (χ0) is 13.9. The highest BCUT2D eigenvalue weighted by Gasteiger charge is 2.29. The molecule has 0 bridgehead atoms. The number of aliphatic carboxylic acids is 1. The molecular weight excluding hydrogens is 238 g/mol. The van der Waals surface area contributed by atoms with Crippen LogP contribution in [0.2, 0.25) is 0 Å². The first kappa shape index (κ1) is 13.8. The number of aromatic carboxylic acids is 1. The standard InChI is InChI=1S/C12H15NO5/c1-12(2,11(16)17)6-18-9-7(10(14)15)4-3-5-8(9)13/h3-5H,6,13H2,1-2H3,(H,14,15)(H,16,17). The zero-order valence-corrected chi connectivity index (χ0v) is 10.1. The van der Waals surface area contributed by atoms with Crippen molar-refractivity contribution in [2.45, 2.75) is 13.8 Å². The molecule has 6 nitrogen and oxygen atoms in total. The van der Waals surface area contributed by atoms with Crippen molar-refractivity contribution in [2.75, 3.05) is 12.3 Å². The fraction of sp³-hybridized carbons (Fsp3) is 0.333. The molecule has 6 heteroatoms. The second kappa shape index (κ2) is 4.95. The number of para-hydroxylation sites is 1. The maximum atomic E-state index is 11.0. The van der Waals surface area contributed by atoms with Crippen LogP contribution in [0.1, 0.15) is 24.2 Å². The summed E-state index contributed by atoms with van der Waals surface area (Å²) in [5, 5.41) is 17.9. The minimum atomic E-state index is -1.18. The molecule has 0 aliphatic rings. The summed E-state index contributed by atoms with van der Waals surface area (Å²) < 4.78 is 5.27. The first-order valence-electron chi connectivity index (χ1n) is 5.23. The van der Waals surface area contributed by atoms with Crippen molar-refractivity contribution in [1.29, 1.82) is 0 Å². The average molecular weight is 253 g/mol. The third-order valence-corrected chi connectivity index (χ3v) is 2.43. The summed E-state index contributed by atoms with van der Waals surface area (Å²) in [6.45, 7) is 2.79. The van der Waals surface area contributed by atoms with E-state index in [-0.39, 0.29) is 23.6 Å². The predicted octanol–water partition coefficient (Wildman–Crippen LogP) is 1.46. The van der Waals surface area contributed by atoms with Crippen LogP contribution in [-0.2, 0) is 4.79 Å². The lowest BCUT2D eigenvalue weighted by molar-refractivity contribution is -0.148. The molecule has 18 heavy (non-hydrogen) atoms. The van der Waals surface area contributed by atoms with Crippen LogP contribution in [0.25, 0.3) is 0 Å². The van der Waals surface area contributed by atoms with Crippen LogP contribution in [0.5, 0.6) is 5.75 Å². The largest absolute Gasteiger partial charge is 0.489 e. The summed E-state index contributed by atoms with van der Waals surface area (Å²) in [5.41, 5.74) is 4.58. The number of anilines is 1. The minimum Gasteiger partial charge on any atom is -0.489 e. The average Bonchev–Trinajstić information content (AvgIpc) is 2.26. The van der Waals surface area contributed by atoms with Gasteiger partial charge in [-0.15, -0.1) is 0 Å². The molecule has 0 amide bonds. The Balaban J connectivity index is 2.98. The van der Waals surface area contributed by atoms with E-state index in [9.17, 15) is 9.59 Å². The number of carboxylic acid groups (broad SMARTS) is 2. The molecule has 1 aromatic rings. The predicted molar refractivity (Wildman–Crippen MR) is 64.7 cm³/mol. The van der Waals surface area contributed by atoms with Gasteiger partial charge in [0, 0.05) is 0 Å². The van der Waals surface area contributed by atoms with Crippen LogP contribution >= 0.6 is 0 Å². The Labute approximate surface area is 104 Å². The lowest BCUT2D eigenvalue weighted by atomic mass is 9.95. The van der Waals surface area contributed by atoms with Crippen molar-refractivity contribution in [2.24, 2.45) is 5.41 Å². The number of hydrogen-bond donors (Lipinski definition) is 3. The van der Waals surface area contributed by atoms with Gasteiger partial charge in [0.05, 0.1) is 11.1 Å². The molecule has 0 aromatic heterocycles. The number of nitrogen functional groups attached to an aromatic ring is 1. The quantitative estimate of drug-likeness (QED) is 0.685. The number of ether oxygens (including phenoxy) is 1. The van der Waals surface area contributed by atoms with Gasteiger partial charge in [-0.05, 0) is 26.0 Å². The SMILES string of the molecule is CC(C)(COc1c(N)cccc1C(=O)O)C(=O)O. The summed E-state index contributed by atoms with van der Waals surface area (Å²) in [6.07, 6.45) is 0. The van der Waals surface area contributed by atoms with Crippen molar-refractivity contribution in [3.63, 3.8) is 0 Å². The van der Waals surface area contributed by atoms with Gasteiger partial charge in [0.1, 0.15) is 12.2 Å². The van der Waals surface area contributed by atoms with E-state index in [4.69, 9.17) is 20.7 Å². The Morgan fingerprint density at radius 2 is 1.94 bits per heavy atom. The maximum Gasteiger partial charge on any atom is 0.339 e. The van der Waals surface area contributed by atoms with Crippen LogP contribution in [-0.4, -0.2) is 28.8 Å². The molecule has 0 saturated carbocycles. The van der Waals surface area contributed by atoms with Crippen molar-refractivity contribution in [3.8, 4) is 5.75 Å². The highest BCUT2D eigenvalue weighted by molar-refractivity contribution is 5.93. The molecule has 0 aliphatic heterocycles. The highest BCUT2D eigenvalue weighted by atomic mass is 16.5. The summed E-state index contributed by atoms with van der Waals surface area (Å²) in [4.78, 5) is 21.9. The van der Waals surface area contributed by atoms with E-state index in [0.29, 0.717) is 0 Å². The van der Waals surface area contributed by atoms with Crippen molar-refractivity contribution in [1.82, 2.24) is 0 Å². The fourth-order valence-corrected chi connectivity index (χ4v) is 1.20. The molecule has 98 valence electrons. The van der Waals surface area contributed by atoms with E-state index in [2.05, 4.69) is 0 Å². The van der Waals surface area contributed by atoms with Gasteiger partial charge in [0.25, 0.3) is 0 Å². The summed E-state index contributed by atoms with van der Waals surface area (Å²) >= 11 is 0. The number of nitrogens with two attached hydrogens (primary N) is 1. The van der Waals surface area contributed by atoms with Crippen LogP contribution in [0.3, 0.4) is 0 Å². The third-order valence-electron chi connectivity index (χ3n) is 2.43. The molecular formula is C12H15NO5. The Bertz CT molecular complexity index is 481. The van der Waals surface area contributed by atoms with Gasteiger partial charge in [0.2, 0.25) is 0 Å². The van der Waals surface area contributed by atoms with E-state index in [1.165, 1.54) is 32.0 Å². The number of carboxylic acids is 2. The van der Waals surface area contributed by atoms with Gasteiger partial charge < -0.3 is 20.7 Å². The van der Waals surface area contributed by atoms with E-state index in [1.54, 1.807) is 0 Å². The van der Waals surface area contributed by atoms with E-state index in [1.807, 2.05) is 0 Å². The molecule has 0 spiro atoms. The Morgan fingerprint density at radius 1 is 1.33 bits per heavy atom. The highest BCUT2D eigenvalue weighted by Crippen LogP contribution is 2.28. The number of carbonyl (C=O) groups is 2. The second-order valence-electron chi connectivity index (χ2n) is 4.51. The monoisotopic (exact) mass is 253 g/mol. The second-order valence-corrected chi connectivity index (χ2v) is 4.51. The Morgan fingerprint density at radius 3 is 2.44 bits per heavy atom. The van der Waals surface area contributed by atoms with Gasteiger partial charge in [-0.25, -0.2) is 4.79 Å². The van der Waals surface area contributed by atoms with E-state index < -0.39 is 17.4 Å².